The van der Waals surface area contributed by atoms with E-state index in [0.717, 1.165) is 11.5 Å². The summed E-state index contributed by atoms with van der Waals surface area (Å²) in [5, 5.41) is 7.83. The Hall–Kier alpha value is -1.55. The van der Waals surface area contributed by atoms with Gasteiger partial charge in [-0.25, -0.2) is 0 Å². The molecule has 2 aromatic heterocycles. The fraction of sp³-hybridized carbons (Fsp3) is 0.111. The number of furan rings is 1. The quantitative estimate of drug-likeness (QED) is 0.821. The third-order valence-corrected chi connectivity index (χ3v) is 2.06. The Morgan fingerprint density at radius 1 is 1.43 bits per heavy atom. The van der Waals surface area contributed by atoms with E-state index in [2.05, 4.69) is 10.2 Å². The average molecular weight is 210 g/mol. The number of nitrogens with zero attached hydrogens (tertiary/aromatic N) is 2. The van der Waals surface area contributed by atoms with Crippen LogP contribution in [0.1, 0.15) is 11.5 Å². The Morgan fingerprint density at radius 3 is 2.93 bits per heavy atom. The van der Waals surface area contributed by atoms with E-state index in [1.54, 1.807) is 12.3 Å². The zero-order chi connectivity index (χ0) is 9.97. The number of hydrogen-bond donors (Lipinski definition) is 1. The van der Waals surface area contributed by atoms with E-state index in [1.165, 1.54) is 0 Å². The molecule has 0 aliphatic carbocycles. The molecule has 0 radical (unpaired) electrons. The first-order valence-electron chi connectivity index (χ1n) is 4.05. The van der Waals surface area contributed by atoms with Crippen molar-refractivity contribution in [3.63, 3.8) is 0 Å². The Kier molecular flexibility index (Phi) is 2.37. The van der Waals surface area contributed by atoms with Crippen LogP contribution in [-0.4, -0.2) is 10.2 Å². The van der Waals surface area contributed by atoms with Gasteiger partial charge in [-0.3, -0.25) is 0 Å². The van der Waals surface area contributed by atoms with Gasteiger partial charge >= 0.3 is 0 Å². The molecule has 2 aromatic rings. The molecule has 72 valence electrons. The van der Waals surface area contributed by atoms with Gasteiger partial charge in [0.1, 0.15) is 5.76 Å². The molecule has 0 unspecified atom stereocenters. The number of anilines is 1. The molecule has 0 atom stereocenters. The first-order chi connectivity index (χ1) is 6.75. The van der Waals surface area contributed by atoms with Crippen molar-refractivity contribution in [2.75, 3.05) is 5.73 Å². The standard InChI is InChI=1S/C9H8ClN3O/c10-9-8(11)5-6(12-13-9)4-7-2-1-3-14-7/h1-3,5H,4H2,(H2,11,12). The molecule has 0 fully saturated rings. The van der Waals surface area contributed by atoms with E-state index in [1.807, 2.05) is 12.1 Å². The van der Waals surface area contributed by atoms with Crippen LogP contribution < -0.4 is 5.73 Å². The minimum atomic E-state index is 0.230. The minimum absolute atomic E-state index is 0.230. The van der Waals surface area contributed by atoms with Gasteiger partial charge in [-0.1, -0.05) is 11.6 Å². The summed E-state index contributed by atoms with van der Waals surface area (Å²) in [6, 6.07) is 5.38. The SMILES string of the molecule is Nc1cc(Cc2ccco2)nnc1Cl. The fourth-order valence-electron chi connectivity index (χ4n) is 1.11. The minimum Gasteiger partial charge on any atom is -0.469 e. The van der Waals surface area contributed by atoms with Crippen molar-refractivity contribution in [1.82, 2.24) is 10.2 Å². The van der Waals surface area contributed by atoms with Crippen LogP contribution in [-0.2, 0) is 6.42 Å². The summed E-state index contributed by atoms with van der Waals surface area (Å²) in [7, 11) is 0. The van der Waals surface area contributed by atoms with Gasteiger partial charge in [0.2, 0.25) is 0 Å². The Morgan fingerprint density at radius 2 is 2.29 bits per heavy atom. The number of aromatic nitrogens is 2. The molecule has 0 saturated heterocycles. The largest absolute Gasteiger partial charge is 0.469 e. The van der Waals surface area contributed by atoms with Gasteiger partial charge in [0.05, 0.1) is 24.1 Å². The third kappa shape index (κ3) is 1.85. The van der Waals surface area contributed by atoms with Crippen molar-refractivity contribution in [3.8, 4) is 0 Å². The molecular formula is C9H8ClN3O. The van der Waals surface area contributed by atoms with Crippen molar-refractivity contribution < 1.29 is 4.42 Å². The van der Waals surface area contributed by atoms with Crippen LogP contribution in [0.4, 0.5) is 5.69 Å². The Bertz CT molecular complexity index is 428. The van der Waals surface area contributed by atoms with Crippen molar-refractivity contribution in [1.29, 1.82) is 0 Å². The van der Waals surface area contributed by atoms with Gasteiger partial charge in [0.15, 0.2) is 5.15 Å². The first-order valence-corrected chi connectivity index (χ1v) is 4.43. The molecule has 5 heteroatoms. The second kappa shape index (κ2) is 3.67. The lowest BCUT2D eigenvalue weighted by atomic mass is 10.2. The predicted octanol–water partition coefficient (Wildman–Crippen LogP) is 1.90. The monoisotopic (exact) mass is 209 g/mol. The van der Waals surface area contributed by atoms with E-state index in [9.17, 15) is 0 Å². The molecule has 0 aliphatic rings. The van der Waals surface area contributed by atoms with Crippen LogP contribution >= 0.6 is 11.6 Å². The summed E-state index contributed by atoms with van der Waals surface area (Å²) in [4.78, 5) is 0. The van der Waals surface area contributed by atoms with Crippen molar-refractivity contribution in [2.45, 2.75) is 6.42 Å². The van der Waals surface area contributed by atoms with Crippen molar-refractivity contribution >= 4 is 17.3 Å². The molecule has 0 aliphatic heterocycles. The van der Waals surface area contributed by atoms with E-state index in [-0.39, 0.29) is 5.15 Å². The van der Waals surface area contributed by atoms with Gasteiger partial charge < -0.3 is 10.2 Å². The first kappa shape index (κ1) is 9.02. The zero-order valence-electron chi connectivity index (χ0n) is 7.27. The van der Waals surface area contributed by atoms with E-state index >= 15 is 0 Å². The van der Waals surface area contributed by atoms with Gasteiger partial charge in [0.25, 0.3) is 0 Å². The normalized spacial score (nSPS) is 10.4. The van der Waals surface area contributed by atoms with Crippen molar-refractivity contribution in [3.05, 3.63) is 41.1 Å². The van der Waals surface area contributed by atoms with Crippen LogP contribution in [0.15, 0.2) is 28.9 Å². The van der Waals surface area contributed by atoms with Crippen LogP contribution in [0.5, 0.6) is 0 Å². The summed E-state index contributed by atoms with van der Waals surface area (Å²) in [6.07, 6.45) is 2.18. The Labute approximate surface area is 85.7 Å². The number of nitrogens with two attached hydrogens (primary N) is 1. The lowest BCUT2D eigenvalue weighted by Gasteiger charge is -1.99. The number of hydrogen-bond acceptors (Lipinski definition) is 4. The molecule has 0 bridgehead atoms. The molecule has 0 spiro atoms. The number of halogens is 1. The lowest BCUT2D eigenvalue weighted by molar-refractivity contribution is 0.518. The van der Waals surface area contributed by atoms with Gasteiger partial charge in [-0.05, 0) is 18.2 Å². The average Bonchev–Trinajstić information content (AvgIpc) is 2.64. The Balaban J connectivity index is 2.22. The molecule has 2 rings (SSSR count). The molecule has 0 amide bonds. The maximum Gasteiger partial charge on any atom is 0.174 e. The molecule has 2 N–H and O–H groups in total. The summed E-state index contributed by atoms with van der Waals surface area (Å²) >= 11 is 5.64. The molecule has 0 aromatic carbocycles. The fourth-order valence-corrected chi connectivity index (χ4v) is 1.20. The molecule has 4 nitrogen and oxygen atoms in total. The third-order valence-electron chi connectivity index (χ3n) is 1.76. The molecule has 14 heavy (non-hydrogen) atoms. The highest BCUT2D eigenvalue weighted by atomic mass is 35.5. The van der Waals surface area contributed by atoms with Gasteiger partial charge in [-0.15, -0.1) is 5.10 Å². The molecule has 2 heterocycles. The van der Waals surface area contributed by atoms with Crippen LogP contribution in [0.25, 0.3) is 0 Å². The smallest absolute Gasteiger partial charge is 0.174 e. The second-order valence-electron chi connectivity index (χ2n) is 2.84. The van der Waals surface area contributed by atoms with E-state index < -0.39 is 0 Å². The number of nitrogen functional groups attached to an aromatic ring is 1. The summed E-state index contributed by atoms with van der Waals surface area (Å²) < 4.78 is 5.17. The van der Waals surface area contributed by atoms with E-state index in [0.29, 0.717) is 12.1 Å². The van der Waals surface area contributed by atoms with E-state index in [4.69, 9.17) is 21.8 Å². The summed E-state index contributed by atoms with van der Waals surface area (Å²) in [6.45, 7) is 0. The van der Waals surface area contributed by atoms with Crippen molar-refractivity contribution in [2.24, 2.45) is 0 Å². The van der Waals surface area contributed by atoms with Gasteiger partial charge in [0, 0.05) is 0 Å². The highest BCUT2D eigenvalue weighted by Crippen LogP contribution is 2.16. The maximum atomic E-state index is 5.64. The second-order valence-corrected chi connectivity index (χ2v) is 3.20. The van der Waals surface area contributed by atoms with Gasteiger partial charge in [-0.2, -0.15) is 5.10 Å². The highest BCUT2D eigenvalue weighted by molar-refractivity contribution is 6.31. The van der Waals surface area contributed by atoms with Crippen LogP contribution in [0.3, 0.4) is 0 Å². The predicted molar refractivity (Wildman–Crippen MR) is 53.0 cm³/mol. The lowest BCUT2D eigenvalue weighted by Crippen LogP contribution is -1.98. The maximum absolute atomic E-state index is 5.64. The van der Waals surface area contributed by atoms with Crippen LogP contribution in [0.2, 0.25) is 5.15 Å². The molecular weight excluding hydrogens is 202 g/mol. The zero-order valence-corrected chi connectivity index (χ0v) is 8.03. The summed E-state index contributed by atoms with van der Waals surface area (Å²) in [5.41, 5.74) is 6.76. The highest BCUT2D eigenvalue weighted by Gasteiger charge is 2.04. The topological polar surface area (TPSA) is 64.9 Å². The summed E-state index contributed by atoms with van der Waals surface area (Å²) in [5.74, 6) is 0.820. The van der Waals surface area contributed by atoms with Crippen LogP contribution in [0, 0.1) is 0 Å². The molecule has 0 saturated carbocycles. The number of rotatable bonds is 2.